The molecule has 0 saturated carbocycles. The first-order chi connectivity index (χ1) is 17.8. The highest BCUT2D eigenvalue weighted by molar-refractivity contribution is 6.00. The molecule has 2 aromatic heterocycles. The molecule has 4 aromatic rings. The second-order valence-corrected chi connectivity index (χ2v) is 8.32. The predicted octanol–water partition coefficient (Wildman–Crippen LogP) is 5.97. The predicted molar refractivity (Wildman–Crippen MR) is 129 cm³/mol. The first-order valence-corrected chi connectivity index (χ1v) is 11.4. The number of urea groups is 1. The van der Waals surface area contributed by atoms with Gasteiger partial charge in [-0.05, 0) is 42.5 Å². The van der Waals surface area contributed by atoms with Gasteiger partial charge in [0.05, 0.1) is 30.4 Å². The number of halogens is 3. The summed E-state index contributed by atoms with van der Waals surface area (Å²) < 4.78 is 57.2. The lowest BCUT2D eigenvalue weighted by Crippen LogP contribution is -2.26. The first kappa shape index (κ1) is 24.4. The van der Waals surface area contributed by atoms with Crippen molar-refractivity contribution in [3.8, 4) is 17.2 Å². The quantitative estimate of drug-likeness (QED) is 0.293. The van der Waals surface area contributed by atoms with Crippen LogP contribution in [-0.2, 0) is 10.9 Å². The zero-order chi connectivity index (χ0) is 25.8. The van der Waals surface area contributed by atoms with Crippen LogP contribution < -0.4 is 20.1 Å². The van der Waals surface area contributed by atoms with Crippen molar-refractivity contribution in [3.05, 3.63) is 66.5 Å². The molecule has 1 aliphatic rings. The summed E-state index contributed by atoms with van der Waals surface area (Å²) in [6, 6.07) is 10.6. The molecule has 0 unspecified atom stereocenters. The van der Waals surface area contributed by atoms with Crippen LogP contribution in [0.5, 0.6) is 17.2 Å². The summed E-state index contributed by atoms with van der Waals surface area (Å²) in [6.07, 6.45) is -0.512. The van der Waals surface area contributed by atoms with Gasteiger partial charge in [-0.3, -0.25) is 5.10 Å². The van der Waals surface area contributed by atoms with Crippen molar-refractivity contribution < 1.29 is 32.2 Å². The van der Waals surface area contributed by atoms with E-state index >= 15 is 0 Å². The lowest BCUT2D eigenvalue weighted by molar-refractivity contribution is -0.137. The standard InChI is InChI=1S/C25H22F3N5O4/c26-25(27,28)15-11-17(13-20(12-15)36-19-6-9-35-10-7-19)32-24(34)31-16-1-3-18(4-2-16)37-22-5-8-29-23-21(22)14-30-33-23/h1-5,8,11-14,19H,6-7,9-10H2,(H,29,30,33)(H2,31,32,34). The van der Waals surface area contributed by atoms with Gasteiger partial charge in [-0.1, -0.05) is 0 Å². The highest BCUT2D eigenvalue weighted by Gasteiger charge is 2.32. The van der Waals surface area contributed by atoms with E-state index in [0.717, 1.165) is 12.1 Å². The largest absolute Gasteiger partial charge is 0.490 e. The second-order valence-electron chi connectivity index (χ2n) is 8.32. The molecule has 1 aliphatic heterocycles. The van der Waals surface area contributed by atoms with Crippen molar-refractivity contribution in [1.82, 2.24) is 15.2 Å². The van der Waals surface area contributed by atoms with Gasteiger partial charge in [-0.15, -0.1) is 0 Å². The van der Waals surface area contributed by atoms with Gasteiger partial charge >= 0.3 is 12.2 Å². The topological polar surface area (TPSA) is 110 Å². The number of aromatic amines is 1. The highest BCUT2D eigenvalue weighted by atomic mass is 19.4. The molecular formula is C25H22F3N5O4. The Labute approximate surface area is 208 Å². The maximum atomic E-state index is 13.4. The Balaban J connectivity index is 1.25. The molecule has 0 radical (unpaired) electrons. The zero-order valence-corrected chi connectivity index (χ0v) is 19.3. The van der Waals surface area contributed by atoms with Crippen LogP contribution in [0.1, 0.15) is 18.4 Å². The molecule has 3 heterocycles. The first-order valence-electron chi connectivity index (χ1n) is 11.4. The molecule has 37 heavy (non-hydrogen) atoms. The van der Waals surface area contributed by atoms with Crippen LogP contribution >= 0.6 is 0 Å². The molecule has 5 rings (SSSR count). The fraction of sp³-hybridized carbons (Fsp3) is 0.240. The monoisotopic (exact) mass is 513 g/mol. The highest BCUT2D eigenvalue weighted by Crippen LogP contribution is 2.35. The lowest BCUT2D eigenvalue weighted by atomic mass is 10.1. The number of anilines is 2. The van der Waals surface area contributed by atoms with Crippen LogP contribution in [-0.4, -0.2) is 40.5 Å². The summed E-state index contributed by atoms with van der Waals surface area (Å²) in [5, 5.41) is 12.5. The lowest BCUT2D eigenvalue weighted by Gasteiger charge is -2.24. The third-order valence-corrected chi connectivity index (χ3v) is 5.62. The average molecular weight is 513 g/mol. The normalized spacial score (nSPS) is 14.4. The number of H-pyrrole nitrogens is 1. The van der Waals surface area contributed by atoms with Gasteiger partial charge in [0.2, 0.25) is 0 Å². The molecule has 9 nitrogen and oxygen atoms in total. The third kappa shape index (κ3) is 6.09. The minimum absolute atomic E-state index is 0.0290. The number of carbonyl (C=O) groups is 1. The summed E-state index contributed by atoms with van der Waals surface area (Å²) >= 11 is 0. The van der Waals surface area contributed by atoms with Crippen molar-refractivity contribution in [2.24, 2.45) is 0 Å². The van der Waals surface area contributed by atoms with Gasteiger partial charge in [0.1, 0.15) is 23.4 Å². The Morgan fingerprint density at radius 1 is 1.00 bits per heavy atom. The Morgan fingerprint density at radius 2 is 1.76 bits per heavy atom. The molecule has 0 bridgehead atoms. The Morgan fingerprint density at radius 3 is 2.51 bits per heavy atom. The maximum Gasteiger partial charge on any atom is 0.416 e. The zero-order valence-electron chi connectivity index (χ0n) is 19.3. The number of nitrogens with one attached hydrogen (secondary N) is 3. The maximum absolute atomic E-state index is 13.4. The number of benzene rings is 2. The smallest absolute Gasteiger partial charge is 0.416 e. The summed E-state index contributed by atoms with van der Waals surface area (Å²) in [4.78, 5) is 16.7. The average Bonchev–Trinajstić information content (AvgIpc) is 3.35. The number of aromatic nitrogens is 3. The van der Waals surface area contributed by atoms with E-state index in [-0.39, 0.29) is 17.5 Å². The fourth-order valence-corrected chi connectivity index (χ4v) is 3.83. The number of fused-ring (bicyclic) bond motifs is 1. The van der Waals surface area contributed by atoms with Crippen LogP contribution in [0.15, 0.2) is 60.9 Å². The molecule has 0 aliphatic carbocycles. The van der Waals surface area contributed by atoms with Crippen molar-refractivity contribution in [1.29, 1.82) is 0 Å². The second kappa shape index (κ2) is 10.3. The summed E-state index contributed by atoms with van der Waals surface area (Å²) in [6.45, 7) is 0.967. The number of amides is 2. The van der Waals surface area contributed by atoms with Crippen molar-refractivity contribution in [2.75, 3.05) is 23.8 Å². The summed E-state index contributed by atoms with van der Waals surface area (Å²) in [7, 11) is 0. The molecule has 0 atom stereocenters. The van der Waals surface area contributed by atoms with Crippen LogP contribution in [0.3, 0.4) is 0 Å². The van der Waals surface area contributed by atoms with Crippen LogP contribution in [0, 0.1) is 0 Å². The molecule has 12 heteroatoms. The number of pyridine rings is 1. The Hall–Kier alpha value is -4.32. The van der Waals surface area contributed by atoms with Gasteiger partial charge in [-0.25, -0.2) is 9.78 Å². The van der Waals surface area contributed by atoms with E-state index in [4.69, 9.17) is 14.2 Å². The molecular weight excluding hydrogens is 491 g/mol. The van der Waals surface area contributed by atoms with Crippen LogP contribution in [0.25, 0.3) is 11.0 Å². The van der Waals surface area contributed by atoms with Crippen molar-refractivity contribution in [3.63, 3.8) is 0 Å². The molecule has 1 saturated heterocycles. The SMILES string of the molecule is O=C(Nc1ccc(Oc2ccnc3[nH]ncc23)cc1)Nc1cc(OC2CCOCC2)cc(C(F)(F)F)c1. The van der Waals surface area contributed by atoms with Gasteiger partial charge < -0.3 is 24.8 Å². The molecule has 1 fully saturated rings. The Bertz CT molecular complexity index is 1390. The fourth-order valence-electron chi connectivity index (χ4n) is 3.83. The number of alkyl halides is 3. The number of rotatable bonds is 6. The van der Waals surface area contributed by atoms with Gasteiger partial charge in [0, 0.05) is 36.5 Å². The van der Waals surface area contributed by atoms with Crippen molar-refractivity contribution in [2.45, 2.75) is 25.1 Å². The summed E-state index contributed by atoms with van der Waals surface area (Å²) in [5.74, 6) is 1.09. The minimum atomic E-state index is -4.60. The van der Waals surface area contributed by atoms with E-state index in [1.807, 2.05) is 0 Å². The Kier molecular flexibility index (Phi) is 6.82. The van der Waals surface area contributed by atoms with E-state index in [2.05, 4.69) is 25.8 Å². The molecule has 3 N–H and O–H groups in total. The number of hydrogen-bond acceptors (Lipinski definition) is 6. The molecule has 2 aromatic carbocycles. The third-order valence-electron chi connectivity index (χ3n) is 5.62. The van der Waals surface area contributed by atoms with Gasteiger partial charge in [0.25, 0.3) is 0 Å². The number of ether oxygens (including phenoxy) is 3. The van der Waals surface area contributed by atoms with Crippen LogP contribution in [0.2, 0.25) is 0 Å². The number of carbonyl (C=O) groups excluding carboxylic acids is 1. The minimum Gasteiger partial charge on any atom is -0.490 e. The van der Waals surface area contributed by atoms with Crippen molar-refractivity contribution >= 4 is 28.4 Å². The molecule has 0 spiro atoms. The molecule has 192 valence electrons. The van der Waals surface area contributed by atoms with E-state index in [0.29, 0.717) is 54.3 Å². The van der Waals surface area contributed by atoms with E-state index in [1.54, 1.807) is 42.7 Å². The van der Waals surface area contributed by atoms with Crippen LogP contribution in [0.4, 0.5) is 29.3 Å². The van der Waals surface area contributed by atoms with Gasteiger partial charge in [0.15, 0.2) is 5.65 Å². The van der Waals surface area contributed by atoms with Gasteiger partial charge in [-0.2, -0.15) is 18.3 Å². The molecule has 2 amide bonds. The number of hydrogen-bond donors (Lipinski definition) is 3. The number of nitrogens with zero attached hydrogens (tertiary/aromatic N) is 2. The van der Waals surface area contributed by atoms with E-state index in [1.165, 1.54) is 6.07 Å². The van der Waals surface area contributed by atoms with E-state index in [9.17, 15) is 18.0 Å². The van der Waals surface area contributed by atoms with E-state index < -0.39 is 17.8 Å². The summed E-state index contributed by atoms with van der Waals surface area (Å²) in [5.41, 5.74) is 0.0370.